The molecule has 1 heterocycles. The molecule has 0 aliphatic carbocycles. The number of hydrogen-bond acceptors (Lipinski definition) is 6. The summed E-state index contributed by atoms with van der Waals surface area (Å²) in [4.78, 5) is 27.5. The highest BCUT2D eigenvalue weighted by Gasteiger charge is 2.33. The molecular formula is C19H15N2O3S2-. The van der Waals surface area contributed by atoms with Crippen LogP contribution in [0.2, 0.25) is 0 Å². The fourth-order valence-corrected chi connectivity index (χ4v) is 3.76. The second-order valence-corrected chi connectivity index (χ2v) is 7.51. The Bertz CT molecular complexity index is 903. The van der Waals surface area contributed by atoms with Gasteiger partial charge in [-0.25, -0.2) is 0 Å². The molecule has 2 aromatic rings. The monoisotopic (exact) mass is 383 g/mol. The quantitative estimate of drug-likeness (QED) is 0.597. The van der Waals surface area contributed by atoms with E-state index in [2.05, 4.69) is 0 Å². The molecule has 0 unspecified atom stereocenters. The molecular weight excluding hydrogens is 368 g/mol. The van der Waals surface area contributed by atoms with Gasteiger partial charge in [-0.3, -0.25) is 9.69 Å². The largest absolute Gasteiger partial charge is 0.545 e. The molecule has 0 spiro atoms. The summed E-state index contributed by atoms with van der Waals surface area (Å²) in [5.74, 6) is -1.43. The highest BCUT2D eigenvalue weighted by molar-refractivity contribution is 8.27. The van der Waals surface area contributed by atoms with Crippen molar-refractivity contribution in [3.8, 4) is 0 Å². The van der Waals surface area contributed by atoms with Crippen molar-refractivity contribution < 1.29 is 14.7 Å². The van der Waals surface area contributed by atoms with Crippen molar-refractivity contribution in [1.82, 2.24) is 0 Å². The van der Waals surface area contributed by atoms with Gasteiger partial charge < -0.3 is 14.8 Å². The Hall–Kier alpha value is -2.64. The minimum absolute atomic E-state index is 0.0932. The fourth-order valence-electron chi connectivity index (χ4n) is 2.46. The van der Waals surface area contributed by atoms with Crippen molar-refractivity contribution in [3.05, 3.63) is 64.6 Å². The second kappa shape index (κ2) is 7.31. The van der Waals surface area contributed by atoms with Crippen LogP contribution in [0.1, 0.15) is 15.9 Å². The van der Waals surface area contributed by atoms with Gasteiger partial charge in [-0.2, -0.15) is 0 Å². The van der Waals surface area contributed by atoms with E-state index in [1.807, 2.05) is 43.3 Å². The number of nitrogens with zero attached hydrogens (tertiary/aromatic N) is 2. The smallest absolute Gasteiger partial charge is 0.270 e. The van der Waals surface area contributed by atoms with Crippen molar-refractivity contribution in [2.45, 2.75) is 0 Å². The first-order valence-corrected chi connectivity index (χ1v) is 8.96. The summed E-state index contributed by atoms with van der Waals surface area (Å²) in [6, 6.07) is 13.7. The third-order valence-electron chi connectivity index (χ3n) is 3.86. The fraction of sp³-hybridized carbons (Fsp3) is 0.105. The van der Waals surface area contributed by atoms with Gasteiger partial charge in [-0.1, -0.05) is 48.2 Å². The van der Waals surface area contributed by atoms with Crippen molar-refractivity contribution in [1.29, 1.82) is 0 Å². The molecule has 1 aliphatic heterocycles. The average molecular weight is 383 g/mol. The van der Waals surface area contributed by atoms with Crippen molar-refractivity contribution in [3.63, 3.8) is 0 Å². The molecule has 3 rings (SSSR count). The summed E-state index contributed by atoms with van der Waals surface area (Å²) in [6.07, 6.45) is 1.70. The van der Waals surface area contributed by atoms with Crippen LogP contribution in [-0.2, 0) is 4.79 Å². The number of carbonyl (C=O) groups is 2. The Labute approximate surface area is 160 Å². The molecule has 5 nitrogen and oxygen atoms in total. The summed E-state index contributed by atoms with van der Waals surface area (Å²) in [6.45, 7) is 0. The number of amides is 1. The molecule has 0 bridgehead atoms. The number of hydrogen-bond donors (Lipinski definition) is 0. The summed E-state index contributed by atoms with van der Waals surface area (Å²) in [5.41, 5.74) is 2.56. The Balaban J connectivity index is 1.85. The first-order chi connectivity index (χ1) is 12.4. The normalized spacial score (nSPS) is 15.6. The SMILES string of the molecule is CN(C)c1ccc(N2C(=O)/C(=C\c3ccc(C(=O)[O-])cc3)SC2=S)cc1. The minimum atomic E-state index is -1.23. The predicted octanol–water partition coefficient (Wildman–Crippen LogP) is 2.52. The zero-order chi connectivity index (χ0) is 18.8. The number of rotatable bonds is 4. The third-order valence-corrected chi connectivity index (χ3v) is 5.16. The van der Waals surface area contributed by atoms with Gasteiger partial charge in [0.1, 0.15) is 0 Å². The highest BCUT2D eigenvalue weighted by atomic mass is 32.2. The molecule has 132 valence electrons. The average Bonchev–Trinajstić information content (AvgIpc) is 2.89. The van der Waals surface area contributed by atoms with Crippen molar-refractivity contribution in [2.75, 3.05) is 23.9 Å². The molecule has 1 fully saturated rings. The topological polar surface area (TPSA) is 63.7 Å². The van der Waals surface area contributed by atoms with Crippen LogP contribution in [0.5, 0.6) is 0 Å². The second-order valence-electron chi connectivity index (χ2n) is 5.84. The van der Waals surface area contributed by atoms with Gasteiger partial charge in [-0.05, 0) is 41.5 Å². The molecule has 7 heteroatoms. The lowest BCUT2D eigenvalue weighted by atomic mass is 10.1. The van der Waals surface area contributed by atoms with Gasteiger partial charge in [0, 0.05) is 19.8 Å². The summed E-state index contributed by atoms with van der Waals surface area (Å²) >= 11 is 6.59. The molecule has 0 atom stereocenters. The van der Waals surface area contributed by atoms with Gasteiger partial charge in [0.25, 0.3) is 5.91 Å². The Morgan fingerprint density at radius 1 is 1.12 bits per heavy atom. The van der Waals surface area contributed by atoms with Crippen LogP contribution in [-0.4, -0.2) is 30.3 Å². The van der Waals surface area contributed by atoms with Crippen LogP contribution >= 0.6 is 24.0 Å². The number of aromatic carboxylic acids is 1. The first-order valence-electron chi connectivity index (χ1n) is 7.73. The molecule has 0 N–H and O–H groups in total. The zero-order valence-electron chi connectivity index (χ0n) is 14.1. The van der Waals surface area contributed by atoms with Crippen LogP contribution in [0, 0.1) is 0 Å². The maximum absolute atomic E-state index is 12.7. The Morgan fingerprint density at radius 2 is 1.73 bits per heavy atom. The van der Waals surface area contributed by atoms with Gasteiger partial charge in [0.15, 0.2) is 4.32 Å². The number of carboxylic acids is 1. The van der Waals surface area contributed by atoms with E-state index in [0.29, 0.717) is 14.9 Å². The van der Waals surface area contributed by atoms with E-state index in [1.165, 1.54) is 28.8 Å². The van der Waals surface area contributed by atoms with Crippen LogP contribution in [0.15, 0.2) is 53.4 Å². The van der Waals surface area contributed by atoms with E-state index >= 15 is 0 Å². The first kappa shape index (κ1) is 18.2. The molecule has 0 radical (unpaired) electrons. The summed E-state index contributed by atoms with van der Waals surface area (Å²) in [5, 5.41) is 10.8. The van der Waals surface area contributed by atoms with E-state index in [4.69, 9.17) is 12.2 Å². The zero-order valence-corrected chi connectivity index (χ0v) is 15.8. The van der Waals surface area contributed by atoms with E-state index in [0.717, 1.165) is 11.3 Å². The summed E-state index contributed by atoms with van der Waals surface area (Å²) in [7, 11) is 3.89. The predicted molar refractivity (Wildman–Crippen MR) is 107 cm³/mol. The van der Waals surface area contributed by atoms with E-state index < -0.39 is 5.97 Å². The number of thioether (sulfide) groups is 1. The minimum Gasteiger partial charge on any atom is -0.545 e. The number of benzene rings is 2. The number of carboxylic acid groups (broad SMARTS) is 1. The highest BCUT2D eigenvalue weighted by Crippen LogP contribution is 2.36. The lowest BCUT2D eigenvalue weighted by Gasteiger charge is -2.17. The standard InChI is InChI=1S/C19H16N2O3S2/c1-20(2)14-7-9-15(10-8-14)21-17(22)16(26-19(21)25)11-12-3-5-13(6-4-12)18(23)24/h3-11H,1-2H3,(H,23,24)/p-1/b16-11+. The third kappa shape index (κ3) is 3.63. The van der Waals surface area contributed by atoms with Crippen LogP contribution in [0.3, 0.4) is 0 Å². The lowest BCUT2D eigenvalue weighted by Crippen LogP contribution is -2.27. The maximum Gasteiger partial charge on any atom is 0.270 e. The number of thiocarbonyl (C=S) groups is 1. The van der Waals surface area contributed by atoms with Crippen LogP contribution < -0.4 is 14.9 Å². The molecule has 1 saturated heterocycles. The molecule has 0 aromatic heterocycles. The lowest BCUT2D eigenvalue weighted by molar-refractivity contribution is -0.255. The van der Waals surface area contributed by atoms with Crippen molar-refractivity contribution in [2.24, 2.45) is 0 Å². The maximum atomic E-state index is 12.7. The Morgan fingerprint density at radius 3 is 2.27 bits per heavy atom. The Kier molecular flexibility index (Phi) is 5.11. The van der Waals surface area contributed by atoms with Crippen LogP contribution in [0.4, 0.5) is 11.4 Å². The van der Waals surface area contributed by atoms with Gasteiger partial charge >= 0.3 is 0 Å². The van der Waals surface area contributed by atoms with E-state index in [9.17, 15) is 14.7 Å². The van der Waals surface area contributed by atoms with Crippen molar-refractivity contribution >= 4 is 57.6 Å². The van der Waals surface area contributed by atoms with Gasteiger partial charge in [-0.15, -0.1) is 0 Å². The van der Waals surface area contributed by atoms with E-state index in [-0.39, 0.29) is 11.5 Å². The molecule has 1 aliphatic rings. The molecule has 1 amide bonds. The van der Waals surface area contributed by atoms with Gasteiger partial charge in [0.2, 0.25) is 0 Å². The molecule has 26 heavy (non-hydrogen) atoms. The van der Waals surface area contributed by atoms with Gasteiger partial charge in [0.05, 0.1) is 16.6 Å². The number of anilines is 2. The van der Waals surface area contributed by atoms with E-state index in [1.54, 1.807) is 18.2 Å². The number of carbonyl (C=O) groups excluding carboxylic acids is 2. The summed E-state index contributed by atoms with van der Waals surface area (Å²) < 4.78 is 0.463. The molecule has 2 aromatic carbocycles. The van der Waals surface area contributed by atoms with Crippen LogP contribution in [0.25, 0.3) is 6.08 Å². The molecule has 0 saturated carbocycles.